The van der Waals surface area contributed by atoms with Crippen molar-refractivity contribution in [2.24, 2.45) is 0 Å². The molecule has 2 heterocycles. The van der Waals surface area contributed by atoms with Crippen LogP contribution in [0.5, 0.6) is 0 Å². The van der Waals surface area contributed by atoms with Gasteiger partial charge in [-0.05, 0) is 44.9 Å². The van der Waals surface area contributed by atoms with Gasteiger partial charge < -0.3 is 65.1 Å². The number of aliphatic hydroxyl groups excluding tert-OH is 8. The summed E-state index contributed by atoms with van der Waals surface area (Å²) in [6.07, 6.45) is 61.0. The number of ether oxygens (including phenoxy) is 4. The Kier molecular flexibility index (Phi) is 57.4. The van der Waals surface area contributed by atoms with Crippen LogP contribution in [0, 0.1) is 0 Å². The minimum atomic E-state index is -1.78. The molecule has 0 aromatic rings. The summed E-state index contributed by atoms with van der Waals surface area (Å²) >= 11 is 0. The second kappa shape index (κ2) is 61.1. The maximum atomic E-state index is 13.3. The quantitative estimate of drug-likeness (QED) is 0.0204. The number of amides is 1. The van der Waals surface area contributed by atoms with E-state index in [0.29, 0.717) is 12.8 Å². The lowest BCUT2D eigenvalue weighted by molar-refractivity contribution is -0.359. The van der Waals surface area contributed by atoms with Crippen molar-refractivity contribution in [1.82, 2.24) is 5.32 Å². The predicted molar refractivity (Wildman–Crippen MR) is 369 cm³/mol. The summed E-state index contributed by atoms with van der Waals surface area (Å²) in [5.74, 6) is -0.199. The molecule has 9 N–H and O–H groups in total. The van der Waals surface area contributed by atoms with Crippen LogP contribution in [0.4, 0.5) is 0 Å². The third-order valence-corrected chi connectivity index (χ3v) is 19.2. The van der Waals surface area contributed by atoms with Crippen molar-refractivity contribution in [2.45, 2.75) is 434 Å². The highest BCUT2D eigenvalue weighted by Crippen LogP contribution is 2.30. The Bertz CT molecular complexity index is 1600. The average molecular weight is 1280 g/mol. The first-order chi connectivity index (χ1) is 44.1. The van der Waals surface area contributed by atoms with Crippen molar-refractivity contribution in [1.29, 1.82) is 0 Å². The maximum Gasteiger partial charge on any atom is 0.220 e. The fraction of sp³-hybridized carbons (Fsp3) is 0.934. The number of rotatable bonds is 65. The number of unbranched alkanes of at least 4 members (excludes halogenated alkanes) is 48. The lowest BCUT2D eigenvalue weighted by Gasteiger charge is -2.46. The summed E-state index contributed by atoms with van der Waals surface area (Å²) in [4.78, 5) is 13.3. The second-order valence-corrected chi connectivity index (χ2v) is 27.5. The summed E-state index contributed by atoms with van der Waals surface area (Å²) in [6, 6.07) is -0.825. The Morgan fingerprint density at radius 3 is 1.11 bits per heavy atom. The van der Waals surface area contributed by atoms with Crippen molar-refractivity contribution in [3.8, 4) is 0 Å². The Morgan fingerprint density at radius 2 is 0.733 bits per heavy atom. The van der Waals surface area contributed by atoms with E-state index in [0.717, 1.165) is 57.8 Å². The number of allylic oxidation sites excluding steroid dienone is 4. The third-order valence-electron chi connectivity index (χ3n) is 19.2. The van der Waals surface area contributed by atoms with Crippen molar-refractivity contribution in [2.75, 3.05) is 19.8 Å². The van der Waals surface area contributed by atoms with Crippen molar-refractivity contribution < 1.29 is 64.6 Å². The van der Waals surface area contributed by atoms with E-state index in [9.17, 15) is 45.6 Å². The largest absolute Gasteiger partial charge is 0.394 e. The lowest BCUT2D eigenvalue weighted by Crippen LogP contribution is -2.65. The van der Waals surface area contributed by atoms with E-state index in [4.69, 9.17) is 18.9 Å². The minimum Gasteiger partial charge on any atom is -0.394 e. The van der Waals surface area contributed by atoms with Crippen molar-refractivity contribution in [3.63, 3.8) is 0 Å². The normalized spacial score (nSPS) is 23.0. The molecule has 12 unspecified atom stereocenters. The smallest absolute Gasteiger partial charge is 0.220 e. The van der Waals surface area contributed by atoms with Gasteiger partial charge in [0.1, 0.15) is 48.8 Å². The van der Waals surface area contributed by atoms with Crippen LogP contribution in [-0.2, 0) is 23.7 Å². The van der Waals surface area contributed by atoms with Gasteiger partial charge in [-0.1, -0.05) is 334 Å². The van der Waals surface area contributed by atoms with Gasteiger partial charge in [-0.25, -0.2) is 0 Å². The molecule has 0 aromatic carbocycles. The van der Waals surface area contributed by atoms with E-state index in [1.54, 1.807) is 0 Å². The molecule has 14 heteroatoms. The van der Waals surface area contributed by atoms with Crippen LogP contribution < -0.4 is 5.32 Å². The molecule has 0 aliphatic carbocycles. The first-order valence-electron chi connectivity index (χ1n) is 38.6. The van der Waals surface area contributed by atoms with Gasteiger partial charge >= 0.3 is 0 Å². The van der Waals surface area contributed by atoms with Crippen LogP contribution in [0.15, 0.2) is 24.3 Å². The molecule has 2 saturated heterocycles. The van der Waals surface area contributed by atoms with Crippen LogP contribution >= 0.6 is 0 Å². The van der Waals surface area contributed by atoms with Crippen LogP contribution in [0.25, 0.3) is 0 Å². The molecule has 12 atom stereocenters. The summed E-state index contributed by atoms with van der Waals surface area (Å²) < 4.78 is 22.9. The topological polar surface area (TPSA) is 228 Å². The summed E-state index contributed by atoms with van der Waals surface area (Å²) in [5.41, 5.74) is 0. The molecule has 0 radical (unpaired) electrons. The van der Waals surface area contributed by atoms with Gasteiger partial charge in [-0.3, -0.25) is 4.79 Å². The first kappa shape index (κ1) is 84.6. The zero-order chi connectivity index (χ0) is 65.2. The highest BCUT2D eigenvalue weighted by molar-refractivity contribution is 5.76. The van der Waals surface area contributed by atoms with Crippen LogP contribution in [0.2, 0.25) is 0 Å². The molecule has 0 spiro atoms. The Morgan fingerprint density at radius 1 is 0.400 bits per heavy atom. The van der Waals surface area contributed by atoms with E-state index < -0.39 is 86.8 Å². The Balaban J connectivity index is 1.52. The molecule has 14 nitrogen and oxygen atoms in total. The lowest BCUT2D eigenvalue weighted by atomic mass is 9.97. The number of hydrogen-bond acceptors (Lipinski definition) is 13. The number of aliphatic hydroxyl groups is 8. The van der Waals surface area contributed by atoms with Gasteiger partial charge in [-0.2, -0.15) is 0 Å². The first-order valence-corrected chi connectivity index (χ1v) is 38.6. The number of hydrogen-bond donors (Lipinski definition) is 9. The van der Waals surface area contributed by atoms with Gasteiger partial charge in [0, 0.05) is 6.42 Å². The van der Waals surface area contributed by atoms with Gasteiger partial charge in [0.05, 0.1) is 32.0 Å². The molecule has 532 valence electrons. The fourth-order valence-electron chi connectivity index (χ4n) is 13.0. The molecular formula is C76H145NO13. The molecule has 2 rings (SSSR count). The van der Waals surface area contributed by atoms with Crippen molar-refractivity contribution in [3.05, 3.63) is 24.3 Å². The number of nitrogens with one attached hydrogen (secondary N) is 1. The average Bonchev–Trinajstić information content (AvgIpc) is 1.58. The van der Waals surface area contributed by atoms with Crippen LogP contribution in [0.1, 0.15) is 361 Å². The SMILES string of the molecule is CCCCCCC/C=C\C/C=C\CCCCCCCCCCCCCCCCCCCCCCCCCCCCCCCC(=O)NC(COC1OC(CO)C(OC2OC(CO)C(O)C(O)C2O)C(O)C1O)C(O)CCCCCCCCCCCCCCCCC. The van der Waals surface area contributed by atoms with E-state index in [1.165, 1.54) is 276 Å². The highest BCUT2D eigenvalue weighted by atomic mass is 16.7. The zero-order valence-corrected chi connectivity index (χ0v) is 58.2. The van der Waals surface area contributed by atoms with E-state index in [2.05, 4.69) is 43.5 Å². The standard InChI is InChI=1S/C76H145NO13/c1-3-5-7-9-11-13-15-17-19-20-21-22-23-24-25-26-27-28-29-30-31-32-33-34-35-36-37-38-39-40-41-42-43-44-46-48-50-52-54-56-58-60-68(81)77-64(65(80)59-57-55-53-51-49-47-45-18-16-14-12-10-8-6-4-2)63-87-75-73(86)71(84)74(67(62-79)89-75)90-76-72(85)70(83)69(82)66(61-78)88-76/h15,17,20-21,64-67,69-76,78-80,82-86H,3-14,16,18-19,22-63H2,1-2H3,(H,77,81)/b17-15-,21-20-. The molecule has 2 fully saturated rings. The van der Waals surface area contributed by atoms with E-state index in [-0.39, 0.29) is 12.5 Å². The van der Waals surface area contributed by atoms with Crippen LogP contribution in [-0.4, -0.2) is 140 Å². The molecule has 90 heavy (non-hydrogen) atoms. The number of carbonyl (C=O) groups excluding carboxylic acids is 1. The van der Waals surface area contributed by atoms with Gasteiger partial charge in [0.25, 0.3) is 0 Å². The molecule has 0 saturated carbocycles. The zero-order valence-electron chi connectivity index (χ0n) is 58.2. The Hall–Kier alpha value is -1.53. The summed E-state index contributed by atoms with van der Waals surface area (Å²) in [6.45, 7) is 2.90. The second-order valence-electron chi connectivity index (χ2n) is 27.5. The predicted octanol–water partition coefficient (Wildman–Crippen LogP) is 16.7. The van der Waals surface area contributed by atoms with Gasteiger partial charge in [-0.15, -0.1) is 0 Å². The summed E-state index contributed by atoms with van der Waals surface area (Å²) in [5, 5.41) is 87.6. The molecule has 0 bridgehead atoms. The maximum absolute atomic E-state index is 13.3. The van der Waals surface area contributed by atoms with Crippen molar-refractivity contribution >= 4 is 5.91 Å². The number of carbonyl (C=O) groups is 1. The van der Waals surface area contributed by atoms with E-state index >= 15 is 0 Å². The fourth-order valence-corrected chi connectivity index (χ4v) is 13.0. The van der Waals surface area contributed by atoms with Gasteiger partial charge in [0.2, 0.25) is 5.91 Å². The Labute approximate surface area is 551 Å². The van der Waals surface area contributed by atoms with Gasteiger partial charge in [0.15, 0.2) is 12.6 Å². The van der Waals surface area contributed by atoms with Crippen LogP contribution in [0.3, 0.4) is 0 Å². The monoisotopic (exact) mass is 1280 g/mol. The van der Waals surface area contributed by atoms with E-state index in [1.807, 2.05) is 0 Å². The molecule has 1 amide bonds. The third kappa shape index (κ3) is 44.3. The highest BCUT2D eigenvalue weighted by Gasteiger charge is 2.51. The minimum absolute atomic E-state index is 0.199. The summed E-state index contributed by atoms with van der Waals surface area (Å²) in [7, 11) is 0. The molecule has 2 aliphatic rings. The molecular weight excluding hydrogens is 1130 g/mol. The molecule has 0 aromatic heterocycles. The molecule has 2 aliphatic heterocycles.